The molecule has 9 heteroatoms. The van der Waals surface area contributed by atoms with Crippen molar-refractivity contribution in [3.63, 3.8) is 0 Å². The number of hydrogen-bond donors (Lipinski definition) is 2. The Labute approximate surface area is 145 Å². The van der Waals surface area contributed by atoms with E-state index in [1.54, 1.807) is 6.20 Å². The molecule has 0 unspecified atom stereocenters. The molecule has 1 aliphatic heterocycles. The third-order valence-electron chi connectivity index (χ3n) is 3.98. The van der Waals surface area contributed by atoms with Crippen molar-refractivity contribution in [2.45, 2.75) is 17.9 Å². The fourth-order valence-electron chi connectivity index (χ4n) is 2.63. The van der Waals surface area contributed by atoms with Gasteiger partial charge in [0.1, 0.15) is 17.3 Å². The highest BCUT2D eigenvalue weighted by Gasteiger charge is 2.18. The molecule has 0 saturated heterocycles. The van der Waals surface area contributed by atoms with Gasteiger partial charge in [0.15, 0.2) is 9.84 Å². The van der Waals surface area contributed by atoms with Crippen LogP contribution in [0, 0.1) is 5.82 Å². The Morgan fingerprint density at radius 2 is 2.04 bits per heavy atom. The Balaban J connectivity index is 1.58. The molecule has 0 saturated carbocycles. The zero-order valence-corrected chi connectivity index (χ0v) is 14.4. The van der Waals surface area contributed by atoms with Crippen molar-refractivity contribution in [1.29, 1.82) is 0 Å². The number of amides is 1. The van der Waals surface area contributed by atoms with Crippen LogP contribution < -0.4 is 10.6 Å². The van der Waals surface area contributed by atoms with Gasteiger partial charge in [0.05, 0.1) is 10.6 Å². The van der Waals surface area contributed by atoms with E-state index in [2.05, 4.69) is 15.6 Å². The summed E-state index contributed by atoms with van der Waals surface area (Å²) in [6, 6.07) is 4.62. The average molecular weight is 366 g/mol. The van der Waals surface area contributed by atoms with E-state index in [1.807, 2.05) is 4.57 Å². The maximum atomic E-state index is 12.9. The summed E-state index contributed by atoms with van der Waals surface area (Å²) in [7, 11) is -3.58. The number of aromatic nitrogens is 2. The van der Waals surface area contributed by atoms with E-state index in [-0.39, 0.29) is 22.9 Å². The van der Waals surface area contributed by atoms with Crippen molar-refractivity contribution in [1.82, 2.24) is 20.2 Å². The van der Waals surface area contributed by atoms with Crippen molar-refractivity contribution in [3.8, 4) is 0 Å². The van der Waals surface area contributed by atoms with Gasteiger partial charge in [-0.05, 0) is 24.3 Å². The van der Waals surface area contributed by atoms with Gasteiger partial charge in [-0.2, -0.15) is 0 Å². The van der Waals surface area contributed by atoms with Crippen LogP contribution in [0.1, 0.15) is 16.3 Å². The lowest BCUT2D eigenvalue weighted by atomic mass is 10.4. The van der Waals surface area contributed by atoms with Gasteiger partial charge in [0.2, 0.25) is 0 Å². The van der Waals surface area contributed by atoms with Gasteiger partial charge in [0, 0.05) is 38.8 Å². The number of carbonyl (C=O) groups is 1. The minimum atomic E-state index is -3.58. The number of sulfone groups is 1. The molecule has 7 nitrogen and oxygen atoms in total. The van der Waals surface area contributed by atoms with E-state index < -0.39 is 21.6 Å². The second-order valence-corrected chi connectivity index (χ2v) is 7.87. The minimum absolute atomic E-state index is 0.0318. The molecule has 2 N–H and O–H groups in total. The van der Waals surface area contributed by atoms with E-state index in [0.29, 0.717) is 0 Å². The molecule has 0 bridgehead atoms. The van der Waals surface area contributed by atoms with Gasteiger partial charge in [-0.3, -0.25) is 4.79 Å². The summed E-state index contributed by atoms with van der Waals surface area (Å²) in [5.41, 5.74) is 0.288. The zero-order valence-electron chi connectivity index (χ0n) is 13.5. The Bertz CT molecular complexity index is 839. The lowest BCUT2D eigenvalue weighted by Gasteiger charge is -2.05. The Hall–Kier alpha value is -2.26. The van der Waals surface area contributed by atoms with Gasteiger partial charge in [-0.15, -0.1) is 0 Å². The van der Waals surface area contributed by atoms with E-state index in [9.17, 15) is 17.6 Å². The molecule has 0 spiro atoms. The second kappa shape index (κ2) is 7.32. The summed E-state index contributed by atoms with van der Waals surface area (Å²) < 4.78 is 39.1. The molecule has 134 valence electrons. The molecule has 25 heavy (non-hydrogen) atoms. The van der Waals surface area contributed by atoms with Crippen LogP contribution in [-0.2, 0) is 22.8 Å². The Morgan fingerprint density at radius 1 is 1.28 bits per heavy atom. The predicted octanol–water partition coefficient (Wildman–Crippen LogP) is 0.372. The van der Waals surface area contributed by atoms with Crippen LogP contribution in [0.5, 0.6) is 0 Å². The van der Waals surface area contributed by atoms with Crippen LogP contribution >= 0.6 is 0 Å². The average Bonchev–Trinajstić information content (AvgIpc) is 2.86. The predicted molar refractivity (Wildman–Crippen MR) is 89.6 cm³/mol. The smallest absolute Gasteiger partial charge is 0.271 e. The maximum absolute atomic E-state index is 12.9. The van der Waals surface area contributed by atoms with Gasteiger partial charge in [0.25, 0.3) is 5.91 Å². The Kier molecular flexibility index (Phi) is 5.14. The third-order valence-corrected chi connectivity index (χ3v) is 5.71. The standard InChI is InChI=1S/C16H19FN4O3S/c17-12-1-3-13(4-2-12)25(23,24)10-8-19-16(22)14-11-21-9-7-18-6-5-15(21)20-14/h1-4,11,18H,5-10H2,(H,19,22). The van der Waals surface area contributed by atoms with Gasteiger partial charge >= 0.3 is 0 Å². The molecule has 3 rings (SSSR count). The number of benzene rings is 1. The first-order valence-electron chi connectivity index (χ1n) is 7.99. The van der Waals surface area contributed by atoms with Crippen LogP contribution in [0.4, 0.5) is 4.39 Å². The van der Waals surface area contributed by atoms with Crippen LogP contribution in [0.15, 0.2) is 35.4 Å². The van der Waals surface area contributed by atoms with E-state index in [1.165, 1.54) is 12.1 Å². The molecule has 0 radical (unpaired) electrons. The van der Waals surface area contributed by atoms with Crippen molar-refractivity contribution < 1.29 is 17.6 Å². The first-order valence-corrected chi connectivity index (χ1v) is 9.64. The van der Waals surface area contributed by atoms with Crippen LogP contribution in [-0.4, -0.2) is 49.3 Å². The maximum Gasteiger partial charge on any atom is 0.271 e. The first-order chi connectivity index (χ1) is 12.0. The second-order valence-electron chi connectivity index (χ2n) is 5.76. The minimum Gasteiger partial charge on any atom is -0.350 e. The molecule has 1 aromatic carbocycles. The molecule has 0 atom stereocenters. The normalized spacial score (nSPS) is 14.6. The summed E-state index contributed by atoms with van der Waals surface area (Å²) in [5, 5.41) is 5.82. The molecule has 2 aromatic rings. The quantitative estimate of drug-likeness (QED) is 0.746. The molecule has 0 fully saturated rings. The topological polar surface area (TPSA) is 93.1 Å². The molecule has 1 aromatic heterocycles. The molecule has 1 amide bonds. The summed E-state index contributed by atoms with van der Waals surface area (Å²) >= 11 is 0. The summed E-state index contributed by atoms with van der Waals surface area (Å²) in [4.78, 5) is 16.5. The van der Waals surface area contributed by atoms with Gasteiger partial charge in [-0.25, -0.2) is 17.8 Å². The number of nitrogens with one attached hydrogen (secondary N) is 2. The lowest BCUT2D eigenvalue weighted by molar-refractivity contribution is 0.0951. The zero-order chi connectivity index (χ0) is 17.9. The highest BCUT2D eigenvalue weighted by Crippen LogP contribution is 2.11. The number of hydrogen-bond acceptors (Lipinski definition) is 5. The molecule has 1 aliphatic rings. The van der Waals surface area contributed by atoms with Crippen LogP contribution in [0.25, 0.3) is 0 Å². The SMILES string of the molecule is O=C(NCCS(=O)(=O)c1ccc(F)cc1)c1cn2c(n1)CCNCC2. The van der Waals surface area contributed by atoms with E-state index in [4.69, 9.17) is 0 Å². The van der Waals surface area contributed by atoms with Crippen molar-refractivity contribution in [2.75, 3.05) is 25.4 Å². The van der Waals surface area contributed by atoms with E-state index in [0.717, 1.165) is 44.0 Å². The largest absolute Gasteiger partial charge is 0.350 e. The lowest BCUT2D eigenvalue weighted by Crippen LogP contribution is -2.29. The molecular weight excluding hydrogens is 347 g/mol. The van der Waals surface area contributed by atoms with Gasteiger partial charge in [-0.1, -0.05) is 0 Å². The van der Waals surface area contributed by atoms with Gasteiger partial charge < -0.3 is 15.2 Å². The van der Waals surface area contributed by atoms with E-state index >= 15 is 0 Å². The first kappa shape index (κ1) is 17.6. The summed E-state index contributed by atoms with van der Waals surface area (Å²) in [5.74, 6) is -0.319. The Morgan fingerprint density at radius 3 is 2.80 bits per heavy atom. The summed E-state index contributed by atoms with van der Waals surface area (Å²) in [6.45, 7) is 2.34. The third kappa shape index (κ3) is 4.23. The number of halogens is 1. The van der Waals surface area contributed by atoms with Crippen molar-refractivity contribution >= 4 is 15.7 Å². The molecule has 2 heterocycles. The number of imidazole rings is 1. The monoisotopic (exact) mass is 366 g/mol. The molecule has 0 aliphatic carbocycles. The number of rotatable bonds is 5. The highest BCUT2D eigenvalue weighted by molar-refractivity contribution is 7.91. The fourth-order valence-corrected chi connectivity index (χ4v) is 3.79. The number of nitrogens with zero attached hydrogens (tertiary/aromatic N) is 2. The van der Waals surface area contributed by atoms with Crippen molar-refractivity contribution in [3.05, 3.63) is 47.8 Å². The van der Waals surface area contributed by atoms with Crippen LogP contribution in [0.2, 0.25) is 0 Å². The highest BCUT2D eigenvalue weighted by atomic mass is 32.2. The summed E-state index contributed by atoms with van der Waals surface area (Å²) in [6.07, 6.45) is 2.43. The van der Waals surface area contributed by atoms with Crippen molar-refractivity contribution in [2.24, 2.45) is 0 Å². The number of carbonyl (C=O) groups excluding carboxylic acids is 1. The fraction of sp³-hybridized carbons (Fsp3) is 0.375. The number of fused-ring (bicyclic) bond motifs is 1. The van der Waals surface area contributed by atoms with Crippen LogP contribution in [0.3, 0.4) is 0 Å². The molecular formula is C16H19FN4O3S.